The van der Waals surface area contributed by atoms with Crippen LogP contribution in [0.2, 0.25) is 0 Å². The van der Waals surface area contributed by atoms with Gasteiger partial charge in [-0.25, -0.2) is 9.97 Å². The molecule has 0 bridgehead atoms. The van der Waals surface area contributed by atoms with Gasteiger partial charge >= 0.3 is 0 Å². The summed E-state index contributed by atoms with van der Waals surface area (Å²) in [6.07, 6.45) is 5.56. The van der Waals surface area contributed by atoms with Crippen LogP contribution in [0, 0.1) is 27.7 Å². The maximum absolute atomic E-state index is 5.30. The molecule has 0 unspecified atom stereocenters. The average Bonchev–Trinajstić information content (AvgIpc) is 3.19. The molecule has 7 nitrogen and oxygen atoms in total. The van der Waals surface area contributed by atoms with Crippen molar-refractivity contribution in [3.8, 4) is 22.5 Å². The zero-order valence-electron chi connectivity index (χ0n) is 13.3. The van der Waals surface area contributed by atoms with Gasteiger partial charge in [0.15, 0.2) is 5.65 Å². The second-order valence-electron chi connectivity index (χ2n) is 5.53. The molecular formula is C16H15N5O2. The third-order valence-electron chi connectivity index (χ3n) is 3.93. The van der Waals surface area contributed by atoms with Crippen molar-refractivity contribution in [3.05, 3.63) is 41.5 Å². The molecule has 0 saturated carbocycles. The van der Waals surface area contributed by atoms with Crippen molar-refractivity contribution in [1.29, 1.82) is 0 Å². The molecule has 4 heterocycles. The Morgan fingerprint density at radius 1 is 0.913 bits per heavy atom. The Morgan fingerprint density at radius 3 is 2.17 bits per heavy atom. The minimum atomic E-state index is 0.718. The number of hydrogen-bond acceptors (Lipinski definition) is 6. The number of nitrogens with zero attached hydrogens (tertiary/aromatic N) is 5. The largest absolute Gasteiger partial charge is 0.361 e. The molecule has 0 aliphatic heterocycles. The third kappa shape index (κ3) is 1.97. The summed E-state index contributed by atoms with van der Waals surface area (Å²) in [7, 11) is 0. The number of imidazole rings is 1. The van der Waals surface area contributed by atoms with E-state index in [-0.39, 0.29) is 0 Å². The summed E-state index contributed by atoms with van der Waals surface area (Å²) in [6, 6.07) is 0. The highest BCUT2D eigenvalue weighted by Crippen LogP contribution is 2.32. The molecule has 0 fully saturated rings. The van der Waals surface area contributed by atoms with Crippen LogP contribution < -0.4 is 0 Å². The summed E-state index contributed by atoms with van der Waals surface area (Å²) >= 11 is 0. The first-order valence-electron chi connectivity index (χ1n) is 7.26. The molecule has 4 aromatic heterocycles. The van der Waals surface area contributed by atoms with Gasteiger partial charge in [0, 0.05) is 18.6 Å². The van der Waals surface area contributed by atoms with Crippen molar-refractivity contribution in [2.24, 2.45) is 0 Å². The van der Waals surface area contributed by atoms with Gasteiger partial charge in [0.2, 0.25) is 0 Å². The smallest absolute Gasteiger partial charge is 0.163 e. The number of fused-ring (bicyclic) bond motifs is 1. The highest BCUT2D eigenvalue weighted by atomic mass is 16.5. The van der Waals surface area contributed by atoms with E-state index in [1.54, 1.807) is 6.20 Å². The van der Waals surface area contributed by atoms with E-state index in [0.717, 1.165) is 51.1 Å². The third-order valence-corrected chi connectivity index (χ3v) is 3.93. The molecule has 0 atom stereocenters. The van der Waals surface area contributed by atoms with Crippen LogP contribution in [0.3, 0.4) is 0 Å². The number of hydrogen-bond donors (Lipinski definition) is 0. The first-order chi connectivity index (χ1) is 11.1. The Balaban J connectivity index is 2.07. The molecule has 0 saturated heterocycles. The predicted molar refractivity (Wildman–Crippen MR) is 82.9 cm³/mol. The number of aromatic nitrogens is 5. The van der Waals surface area contributed by atoms with Crippen LogP contribution in [0.15, 0.2) is 27.6 Å². The summed E-state index contributed by atoms with van der Waals surface area (Å²) in [5, 5.41) is 8.05. The SMILES string of the molecule is Cc1noc(C)c1-c1cn2ccnc2c(-c2c(C)noc2C)n1. The molecule has 0 radical (unpaired) electrons. The molecular weight excluding hydrogens is 294 g/mol. The van der Waals surface area contributed by atoms with Crippen LogP contribution in [0.4, 0.5) is 0 Å². The molecule has 0 spiro atoms. The van der Waals surface area contributed by atoms with Crippen LogP contribution >= 0.6 is 0 Å². The lowest BCUT2D eigenvalue weighted by Crippen LogP contribution is -1.98. The van der Waals surface area contributed by atoms with Crippen LogP contribution in [0.25, 0.3) is 28.2 Å². The van der Waals surface area contributed by atoms with E-state index < -0.39 is 0 Å². The minimum Gasteiger partial charge on any atom is -0.361 e. The second kappa shape index (κ2) is 4.77. The molecule has 4 aromatic rings. The number of rotatable bonds is 2. The topological polar surface area (TPSA) is 82.2 Å². The van der Waals surface area contributed by atoms with E-state index in [1.165, 1.54) is 0 Å². The normalized spacial score (nSPS) is 11.5. The molecule has 23 heavy (non-hydrogen) atoms. The van der Waals surface area contributed by atoms with Gasteiger partial charge in [0.25, 0.3) is 0 Å². The first-order valence-corrected chi connectivity index (χ1v) is 7.26. The van der Waals surface area contributed by atoms with E-state index in [9.17, 15) is 0 Å². The van der Waals surface area contributed by atoms with Gasteiger partial charge in [-0.2, -0.15) is 0 Å². The fraction of sp³-hybridized carbons (Fsp3) is 0.250. The standard InChI is InChI=1S/C16H15N5O2/c1-8-13(10(3)22-19-8)12-7-21-6-5-17-16(21)15(18-12)14-9(2)20-23-11(14)4/h5-7H,1-4H3. The van der Waals surface area contributed by atoms with Gasteiger partial charge < -0.3 is 13.4 Å². The van der Waals surface area contributed by atoms with Crippen molar-refractivity contribution >= 4 is 5.65 Å². The van der Waals surface area contributed by atoms with Gasteiger partial charge in [-0.3, -0.25) is 0 Å². The van der Waals surface area contributed by atoms with Crippen LogP contribution in [-0.4, -0.2) is 24.7 Å². The molecule has 0 aliphatic carbocycles. The van der Waals surface area contributed by atoms with E-state index in [0.29, 0.717) is 0 Å². The maximum Gasteiger partial charge on any atom is 0.163 e. The predicted octanol–water partition coefficient (Wildman–Crippen LogP) is 3.27. The Labute approximate surface area is 131 Å². The van der Waals surface area contributed by atoms with E-state index >= 15 is 0 Å². The Morgan fingerprint density at radius 2 is 1.57 bits per heavy atom. The molecule has 0 N–H and O–H groups in total. The molecule has 0 aromatic carbocycles. The summed E-state index contributed by atoms with van der Waals surface area (Å²) in [4.78, 5) is 9.23. The van der Waals surface area contributed by atoms with Gasteiger partial charge in [0.1, 0.15) is 17.2 Å². The summed E-state index contributed by atoms with van der Waals surface area (Å²) in [6.45, 7) is 7.56. The fourth-order valence-corrected chi connectivity index (χ4v) is 2.89. The van der Waals surface area contributed by atoms with E-state index in [4.69, 9.17) is 14.0 Å². The highest BCUT2D eigenvalue weighted by Gasteiger charge is 2.21. The zero-order valence-corrected chi connectivity index (χ0v) is 13.3. The van der Waals surface area contributed by atoms with Crippen molar-refractivity contribution in [2.45, 2.75) is 27.7 Å². The monoisotopic (exact) mass is 309 g/mol. The zero-order chi connectivity index (χ0) is 16.1. The lowest BCUT2D eigenvalue weighted by Gasteiger charge is -2.07. The lowest BCUT2D eigenvalue weighted by atomic mass is 10.1. The van der Waals surface area contributed by atoms with Crippen molar-refractivity contribution in [3.63, 3.8) is 0 Å². The second-order valence-corrected chi connectivity index (χ2v) is 5.53. The van der Waals surface area contributed by atoms with Gasteiger partial charge in [-0.1, -0.05) is 10.3 Å². The van der Waals surface area contributed by atoms with Gasteiger partial charge in [-0.15, -0.1) is 0 Å². The fourth-order valence-electron chi connectivity index (χ4n) is 2.89. The summed E-state index contributed by atoms with van der Waals surface area (Å²) in [5.74, 6) is 1.45. The van der Waals surface area contributed by atoms with Crippen molar-refractivity contribution < 1.29 is 9.05 Å². The van der Waals surface area contributed by atoms with E-state index in [2.05, 4.69) is 15.3 Å². The van der Waals surface area contributed by atoms with Crippen molar-refractivity contribution in [2.75, 3.05) is 0 Å². The van der Waals surface area contributed by atoms with Crippen LogP contribution in [0.5, 0.6) is 0 Å². The molecule has 4 rings (SSSR count). The molecule has 0 amide bonds. The van der Waals surface area contributed by atoms with Gasteiger partial charge in [-0.05, 0) is 27.7 Å². The molecule has 0 aliphatic rings. The Kier molecular flexibility index (Phi) is 2.84. The quantitative estimate of drug-likeness (QED) is 0.565. The lowest BCUT2D eigenvalue weighted by molar-refractivity contribution is 0.393. The van der Waals surface area contributed by atoms with E-state index in [1.807, 2.05) is 44.5 Å². The van der Waals surface area contributed by atoms with Gasteiger partial charge in [0.05, 0.1) is 28.2 Å². The van der Waals surface area contributed by atoms with Crippen molar-refractivity contribution in [1.82, 2.24) is 24.7 Å². The number of aryl methyl sites for hydroxylation is 4. The average molecular weight is 309 g/mol. The minimum absolute atomic E-state index is 0.718. The maximum atomic E-state index is 5.30. The summed E-state index contributed by atoms with van der Waals surface area (Å²) in [5.41, 5.74) is 5.64. The molecule has 116 valence electrons. The first kappa shape index (κ1) is 13.7. The Bertz CT molecular complexity index is 986. The van der Waals surface area contributed by atoms with Crippen LogP contribution in [0.1, 0.15) is 22.9 Å². The molecule has 7 heteroatoms. The summed E-state index contributed by atoms with van der Waals surface area (Å²) < 4.78 is 12.5. The Hall–Kier alpha value is -2.96. The highest BCUT2D eigenvalue weighted by molar-refractivity contribution is 5.79. The van der Waals surface area contributed by atoms with Crippen LogP contribution in [-0.2, 0) is 0 Å².